The van der Waals surface area contributed by atoms with E-state index >= 15 is 0 Å². The molecule has 1 aromatic heterocycles. The monoisotopic (exact) mass is 390 g/mol. The van der Waals surface area contributed by atoms with Crippen molar-refractivity contribution in [2.75, 3.05) is 0 Å². The summed E-state index contributed by atoms with van der Waals surface area (Å²) in [6, 6.07) is 4.33. The number of nitrogens with zero attached hydrogens (tertiary/aromatic N) is 2. The largest absolute Gasteiger partial charge is 0.298 e. The number of hydrogen-bond donors (Lipinski definition) is 0. The molecule has 0 bridgehead atoms. The van der Waals surface area contributed by atoms with Crippen LogP contribution in [0.25, 0.3) is 10.9 Å². The fourth-order valence-corrected chi connectivity index (χ4v) is 3.25. The van der Waals surface area contributed by atoms with Gasteiger partial charge in [0.2, 0.25) is 0 Å². The van der Waals surface area contributed by atoms with Gasteiger partial charge in [-0.2, -0.15) is 0 Å². The maximum atomic E-state index is 12.8. The maximum Gasteiger partial charge on any atom is 0.282 e. The standard InChI is InChI=1S/C16H11BrN2O5/c17-9-6-8-4-5-10(19(23)24)13(15(8)18-7-9)16(22)14-11(20)2-1-3-12(14)21/h4-7,14H,1-3H2. The third-order valence-electron chi connectivity index (χ3n) is 3.99. The van der Waals surface area contributed by atoms with Gasteiger partial charge < -0.3 is 0 Å². The lowest BCUT2D eigenvalue weighted by molar-refractivity contribution is -0.385. The molecule has 1 heterocycles. The lowest BCUT2D eigenvalue weighted by atomic mass is 9.81. The van der Waals surface area contributed by atoms with Gasteiger partial charge in [-0.25, -0.2) is 0 Å². The van der Waals surface area contributed by atoms with Gasteiger partial charge >= 0.3 is 0 Å². The summed E-state index contributed by atoms with van der Waals surface area (Å²) >= 11 is 3.25. The molecule has 1 aliphatic rings. The Bertz CT molecular complexity index is 893. The Morgan fingerprint density at radius 3 is 2.54 bits per heavy atom. The molecular formula is C16H11BrN2O5. The summed E-state index contributed by atoms with van der Waals surface area (Å²) in [6.45, 7) is 0. The van der Waals surface area contributed by atoms with Crippen molar-refractivity contribution in [3.8, 4) is 0 Å². The van der Waals surface area contributed by atoms with E-state index in [0.29, 0.717) is 16.3 Å². The van der Waals surface area contributed by atoms with Crippen LogP contribution in [0.15, 0.2) is 28.9 Å². The molecule has 24 heavy (non-hydrogen) atoms. The molecule has 8 heteroatoms. The van der Waals surface area contributed by atoms with E-state index in [-0.39, 0.29) is 23.9 Å². The summed E-state index contributed by atoms with van der Waals surface area (Å²) in [6.07, 6.45) is 2.07. The van der Waals surface area contributed by atoms with Crippen molar-refractivity contribution in [2.45, 2.75) is 19.3 Å². The highest BCUT2D eigenvalue weighted by Crippen LogP contribution is 2.32. The minimum atomic E-state index is -1.46. The van der Waals surface area contributed by atoms with Gasteiger partial charge in [0.05, 0.1) is 10.4 Å². The predicted octanol–water partition coefficient (Wildman–Crippen LogP) is 3.03. The van der Waals surface area contributed by atoms with Gasteiger partial charge in [-0.05, 0) is 34.5 Å². The smallest absolute Gasteiger partial charge is 0.282 e. The van der Waals surface area contributed by atoms with Crippen LogP contribution in [0.5, 0.6) is 0 Å². The van der Waals surface area contributed by atoms with Crippen LogP contribution < -0.4 is 0 Å². The zero-order valence-corrected chi connectivity index (χ0v) is 13.9. The molecule has 0 amide bonds. The SMILES string of the molecule is O=C1CCCC(=O)C1C(=O)c1c([N+](=O)[O-])ccc2cc(Br)cnc12. The lowest BCUT2D eigenvalue weighted by Gasteiger charge is -2.18. The van der Waals surface area contributed by atoms with Gasteiger partial charge in [0.1, 0.15) is 11.5 Å². The Hall–Kier alpha value is -2.48. The molecule has 0 N–H and O–H groups in total. The number of aromatic nitrogens is 1. The molecule has 0 aliphatic heterocycles. The third-order valence-corrected chi connectivity index (χ3v) is 4.43. The van der Waals surface area contributed by atoms with Crippen LogP contribution in [0, 0.1) is 16.0 Å². The molecule has 3 rings (SSSR count). The van der Waals surface area contributed by atoms with E-state index in [0.717, 1.165) is 0 Å². The van der Waals surface area contributed by atoms with Crippen LogP contribution in [0.4, 0.5) is 5.69 Å². The molecule has 1 aromatic carbocycles. The van der Waals surface area contributed by atoms with Gasteiger partial charge in [0.15, 0.2) is 17.3 Å². The Morgan fingerprint density at radius 2 is 1.92 bits per heavy atom. The molecule has 2 aromatic rings. The summed E-state index contributed by atoms with van der Waals surface area (Å²) in [7, 11) is 0. The van der Waals surface area contributed by atoms with Crippen molar-refractivity contribution in [1.82, 2.24) is 4.98 Å². The predicted molar refractivity (Wildman–Crippen MR) is 87.8 cm³/mol. The highest BCUT2D eigenvalue weighted by Gasteiger charge is 2.40. The van der Waals surface area contributed by atoms with Crippen molar-refractivity contribution >= 4 is 49.9 Å². The first-order valence-corrected chi connectivity index (χ1v) is 8.01. The number of hydrogen-bond acceptors (Lipinski definition) is 6. The Kier molecular flexibility index (Phi) is 4.23. The van der Waals surface area contributed by atoms with E-state index in [9.17, 15) is 24.5 Å². The molecule has 0 radical (unpaired) electrons. The van der Waals surface area contributed by atoms with E-state index in [1.54, 1.807) is 6.07 Å². The van der Waals surface area contributed by atoms with E-state index in [4.69, 9.17) is 0 Å². The second-order valence-electron chi connectivity index (χ2n) is 5.53. The molecule has 1 fully saturated rings. The number of nitro benzene ring substituents is 1. The topological polar surface area (TPSA) is 107 Å². The number of rotatable bonds is 3. The fourth-order valence-electron chi connectivity index (χ4n) is 2.90. The van der Waals surface area contributed by atoms with E-state index in [1.807, 2.05) is 0 Å². The van der Waals surface area contributed by atoms with Gasteiger partial charge in [-0.1, -0.05) is 0 Å². The van der Waals surface area contributed by atoms with Crippen LogP contribution >= 0.6 is 15.9 Å². The lowest BCUT2D eigenvalue weighted by Crippen LogP contribution is -2.35. The quantitative estimate of drug-likeness (QED) is 0.345. The molecule has 1 aliphatic carbocycles. The molecular weight excluding hydrogens is 380 g/mol. The zero-order valence-electron chi connectivity index (χ0n) is 12.3. The first-order chi connectivity index (χ1) is 11.4. The average molecular weight is 391 g/mol. The summed E-state index contributed by atoms with van der Waals surface area (Å²) in [5, 5.41) is 11.8. The second kappa shape index (κ2) is 6.20. The normalized spacial score (nSPS) is 15.7. The Balaban J connectivity index is 2.24. The van der Waals surface area contributed by atoms with E-state index in [2.05, 4.69) is 20.9 Å². The Labute approximate surface area is 144 Å². The zero-order chi connectivity index (χ0) is 17.4. The minimum Gasteiger partial charge on any atom is -0.298 e. The van der Waals surface area contributed by atoms with Crippen LogP contribution in [-0.2, 0) is 9.59 Å². The number of benzene rings is 1. The minimum absolute atomic E-state index is 0.114. The molecule has 0 saturated heterocycles. The molecule has 122 valence electrons. The highest BCUT2D eigenvalue weighted by molar-refractivity contribution is 9.10. The number of carbonyl (C=O) groups is 3. The fraction of sp³-hybridized carbons (Fsp3) is 0.250. The maximum absolute atomic E-state index is 12.8. The Morgan fingerprint density at radius 1 is 1.25 bits per heavy atom. The van der Waals surface area contributed by atoms with Crippen molar-refractivity contribution < 1.29 is 19.3 Å². The first-order valence-electron chi connectivity index (χ1n) is 7.22. The average Bonchev–Trinajstić information content (AvgIpc) is 2.53. The summed E-state index contributed by atoms with van der Waals surface area (Å²) < 4.78 is 0.645. The number of fused-ring (bicyclic) bond motifs is 1. The first kappa shape index (κ1) is 16.4. The highest BCUT2D eigenvalue weighted by atomic mass is 79.9. The van der Waals surface area contributed by atoms with Gasteiger partial charge in [0.25, 0.3) is 5.69 Å². The van der Waals surface area contributed by atoms with E-state index in [1.165, 1.54) is 18.3 Å². The summed E-state index contributed by atoms with van der Waals surface area (Å²) in [4.78, 5) is 51.7. The number of pyridine rings is 1. The molecule has 0 atom stereocenters. The third kappa shape index (κ3) is 2.73. The van der Waals surface area contributed by atoms with Crippen LogP contribution in [-0.4, -0.2) is 27.3 Å². The number of ketones is 3. The van der Waals surface area contributed by atoms with Crippen LogP contribution in [0.3, 0.4) is 0 Å². The molecule has 1 saturated carbocycles. The van der Waals surface area contributed by atoms with Gasteiger partial charge in [0, 0.05) is 35.0 Å². The summed E-state index contributed by atoms with van der Waals surface area (Å²) in [5.41, 5.74) is -0.615. The number of halogens is 1. The summed E-state index contributed by atoms with van der Waals surface area (Å²) in [5.74, 6) is -3.27. The second-order valence-corrected chi connectivity index (χ2v) is 6.44. The number of carbonyl (C=O) groups excluding carboxylic acids is 3. The molecule has 7 nitrogen and oxygen atoms in total. The van der Waals surface area contributed by atoms with Crippen LogP contribution in [0.1, 0.15) is 29.6 Å². The van der Waals surface area contributed by atoms with Crippen molar-refractivity contribution in [1.29, 1.82) is 0 Å². The van der Waals surface area contributed by atoms with Crippen molar-refractivity contribution in [2.24, 2.45) is 5.92 Å². The molecule has 0 spiro atoms. The number of nitro groups is 1. The molecule has 0 unspecified atom stereocenters. The van der Waals surface area contributed by atoms with Crippen molar-refractivity contribution in [3.63, 3.8) is 0 Å². The van der Waals surface area contributed by atoms with Crippen molar-refractivity contribution in [3.05, 3.63) is 44.5 Å². The number of Topliss-reactive ketones (excluding diaryl/α,β-unsaturated/α-hetero) is 3. The van der Waals surface area contributed by atoms with Gasteiger partial charge in [-0.15, -0.1) is 0 Å². The van der Waals surface area contributed by atoms with Crippen LogP contribution in [0.2, 0.25) is 0 Å². The van der Waals surface area contributed by atoms with Gasteiger partial charge in [-0.3, -0.25) is 29.5 Å². The van der Waals surface area contributed by atoms with E-state index < -0.39 is 33.9 Å².